The highest BCUT2D eigenvalue weighted by molar-refractivity contribution is 9.10. The zero-order valence-electron chi connectivity index (χ0n) is 15.7. The summed E-state index contributed by atoms with van der Waals surface area (Å²) >= 11 is 3.45. The molecule has 0 spiro atoms. The number of halogens is 1. The van der Waals surface area contributed by atoms with Crippen LogP contribution in [-0.4, -0.2) is 14.0 Å². The second kappa shape index (κ2) is 6.64. The van der Waals surface area contributed by atoms with Crippen LogP contribution in [0.15, 0.2) is 64.0 Å². The van der Waals surface area contributed by atoms with Crippen LogP contribution in [0.4, 0.5) is 0 Å². The molecule has 0 amide bonds. The summed E-state index contributed by atoms with van der Waals surface area (Å²) in [5.41, 5.74) is 1.59. The van der Waals surface area contributed by atoms with E-state index in [9.17, 15) is 8.42 Å². The Hall–Kier alpha value is -2.31. The molecular weight excluding hydrogens is 440 g/mol. The van der Waals surface area contributed by atoms with Crippen molar-refractivity contribution in [3.8, 4) is 11.5 Å². The van der Waals surface area contributed by atoms with Gasteiger partial charge in [-0.25, -0.2) is 0 Å². The summed E-state index contributed by atoms with van der Waals surface area (Å²) in [4.78, 5) is 0.120. The Labute approximate surface area is 173 Å². The van der Waals surface area contributed by atoms with Crippen molar-refractivity contribution in [2.45, 2.75) is 31.3 Å². The van der Waals surface area contributed by atoms with Crippen LogP contribution in [-0.2, 0) is 10.1 Å². The van der Waals surface area contributed by atoms with Gasteiger partial charge >= 0.3 is 10.1 Å². The molecule has 28 heavy (non-hydrogen) atoms. The molecule has 0 atom stereocenters. The minimum atomic E-state index is -3.92. The maximum atomic E-state index is 12.6. The standard InChI is InChI=1S/C22H19BrO4S/c1-14-4-7-16(8-5-14)28(24,25)27-21-12-15-6-9-20-17(18(15)13-19(21)23)10-11-22(2,3)26-20/h4-13H,1-3H3. The lowest BCUT2D eigenvalue weighted by Gasteiger charge is -2.28. The third kappa shape index (κ3) is 3.54. The number of benzene rings is 3. The first kappa shape index (κ1) is 19.0. The van der Waals surface area contributed by atoms with Crippen LogP contribution in [0.2, 0.25) is 0 Å². The number of fused-ring (bicyclic) bond motifs is 3. The molecule has 1 heterocycles. The highest BCUT2D eigenvalue weighted by Crippen LogP contribution is 2.40. The molecular formula is C22H19BrO4S. The Kier molecular flexibility index (Phi) is 4.51. The molecule has 4 rings (SSSR count). The number of hydrogen-bond donors (Lipinski definition) is 0. The van der Waals surface area contributed by atoms with E-state index in [4.69, 9.17) is 8.92 Å². The molecule has 0 aromatic heterocycles. The fraction of sp³-hybridized carbons (Fsp3) is 0.182. The first-order chi connectivity index (χ1) is 13.1. The van der Waals surface area contributed by atoms with Gasteiger partial charge in [-0.05, 0) is 83.9 Å². The molecule has 0 saturated carbocycles. The van der Waals surface area contributed by atoms with Crippen LogP contribution in [0.3, 0.4) is 0 Å². The van der Waals surface area contributed by atoms with Gasteiger partial charge in [0, 0.05) is 5.56 Å². The topological polar surface area (TPSA) is 52.6 Å². The van der Waals surface area contributed by atoms with Gasteiger partial charge in [-0.3, -0.25) is 0 Å². The Morgan fingerprint density at radius 3 is 2.46 bits per heavy atom. The summed E-state index contributed by atoms with van der Waals surface area (Å²) in [6.45, 7) is 5.90. The SMILES string of the molecule is Cc1ccc(S(=O)(=O)Oc2cc3ccc4c(c3cc2Br)C=CC(C)(C)O4)cc1. The molecule has 3 aromatic rings. The van der Waals surface area contributed by atoms with Gasteiger partial charge in [0.15, 0.2) is 5.75 Å². The maximum absolute atomic E-state index is 12.6. The van der Waals surface area contributed by atoms with Crippen molar-refractivity contribution in [3.63, 3.8) is 0 Å². The van der Waals surface area contributed by atoms with Crippen molar-refractivity contribution in [2.24, 2.45) is 0 Å². The van der Waals surface area contributed by atoms with Gasteiger partial charge in [0.2, 0.25) is 0 Å². The Morgan fingerprint density at radius 2 is 1.75 bits per heavy atom. The largest absolute Gasteiger partial charge is 0.483 e. The zero-order chi connectivity index (χ0) is 20.1. The van der Waals surface area contributed by atoms with E-state index in [0.29, 0.717) is 4.47 Å². The van der Waals surface area contributed by atoms with E-state index in [1.165, 1.54) is 0 Å². The molecule has 0 aliphatic carbocycles. The molecule has 0 radical (unpaired) electrons. The quantitative estimate of drug-likeness (QED) is 0.461. The third-order valence-electron chi connectivity index (χ3n) is 4.61. The molecule has 0 unspecified atom stereocenters. The first-order valence-electron chi connectivity index (χ1n) is 8.80. The molecule has 3 aromatic carbocycles. The van der Waals surface area contributed by atoms with Gasteiger partial charge in [0.25, 0.3) is 0 Å². The van der Waals surface area contributed by atoms with Gasteiger partial charge < -0.3 is 8.92 Å². The van der Waals surface area contributed by atoms with Crippen molar-refractivity contribution < 1.29 is 17.3 Å². The van der Waals surface area contributed by atoms with E-state index in [-0.39, 0.29) is 16.2 Å². The highest BCUT2D eigenvalue weighted by atomic mass is 79.9. The van der Waals surface area contributed by atoms with Crippen molar-refractivity contribution >= 4 is 42.9 Å². The lowest BCUT2D eigenvalue weighted by molar-refractivity contribution is 0.159. The van der Waals surface area contributed by atoms with Gasteiger partial charge in [0.1, 0.15) is 16.2 Å². The number of rotatable bonds is 3. The molecule has 1 aliphatic heterocycles. The lowest BCUT2D eigenvalue weighted by atomic mass is 9.97. The van der Waals surface area contributed by atoms with Crippen LogP contribution < -0.4 is 8.92 Å². The molecule has 0 fully saturated rings. The molecule has 0 bridgehead atoms. The second-order valence-corrected chi connectivity index (χ2v) is 9.77. The van der Waals surface area contributed by atoms with E-state index in [1.807, 2.05) is 51.1 Å². The molecule has 6 heteroatoms. The predicted molar refractivity (Wildman–Crippen MR) is 114 cm³/mol. The molecule has 1 aliphatic rings. The summed E-state index contributed by atoms with van der Waals surface area (Å²) in [6.07, 6.45) is 4.05. The van der Waals surface area contributed by atoms with Crippen LogP contribution in [0.5, 0.6) is 11.5 Å². The van der Waals surface area contributed by atoms with Crippen LogP contribution >= 0.6 is 15.9 Å². The second-order valence-electron chi connectivity index (χ2n) is 7.37. The minimum Gasteiger partial charge on any atom is -0.483 e. The molecule has 144 valence electrons. The van der Waals surface area contributed by atoms with Crippen LogP contribution in [0, 0.1) is 6.92 Å². The average molecular weight is 459 g/mol. The predicted octanol–water partition coefficient (Wildman–Crippen LogP) is 5.86. The normalized spacial score (nSPS) is 15.1. The van der Waals surface area contributed by atoms with Crippen molar-refractivity contribution in [3.05, 3.63) is 70.2 Å². The number of hydrogen-bond acceptors (Lipinski definition) is 4. The summed E-state index contributed by atoms with van der Waals surface area (Å²) in [5.74, 6) is 1.04. The summed E-state index contributed by atoms with van der Waals surface area (Å²) in [7, 11) is -3.92. The van der Waals surface area contributed by atoms with Gasteiger partial charge in [-0.15, -0.1) is 0 Å². The summed E-state index contributed by atoms with van der Waals surface area (Å²) in [6, 6.07) is 14.0. The Balaban J connectivity index is 1.76. The Bertz CT molecular complexity index is 1210. The highest BCUT2D eigenvalue weighted by Gasteiger charge is 2.24. The zero-order valence-corrected chi connectivity index (χ0v) is 18.1. The lowest BCUT2D eigenvalue weighted by Crippen LogP contribution is -2.27. The van der Waals surface area contributed by atoms with Gasteiger partial charge in [-0.2, -0.15) is 8.42 Å². The Morgan fingerprint density at radius 1 is 1.04 bits per heavy atom. The van der Waals surface area contributed by atoms with Crippen molar-refractivity contribution in [1.82, 2.24) is 0 Å². The van der Waals surface area contributed by atoms with E-state index in [1.54, 1.807) is 30.3 Å². The fourth-order valence-corrected chi connectivity index (χ4v) is 4.60. The molecule has 4 nitrogen and oxygen atoms in total. The average Bonchev–Trinajstić information content (AvgIpc) is 2.61. The fourth-order valence-electron chi connectivity index (χ4n) is 3.13. The van der Waals surface area contributed by atoms with Gasteiger partial charge in [0.05, 0.1) is 4.47 Å². The summed E-state index contributed by atoms with van der Waals surface area (Å²) < 4.78 is 37.3. The number of ether oxygens (including phenoxy) is 1. The minimum absolute atomic E-state index is 0.120. The van der Waals surface area contributed by atoms with Crippen LogP contribution in [0.1, 0.15) is 25.0 Å². The van der Waals surface area contributed by atoms with Crippen LogP contribution in [0.25, 0.3) is 16.8 Å². The van der Waals surface area contributed by atoms with E-state index in [2.05, 4.69) is 15.9 Å². The first-order valence-corrected chi connectivity index (χ1v) is 11.0. The van der Waals surface area contributed by atoms with Gasteiger partial charge in [-0.1, -0.05) is 29.8 Å². The van der Waals surface area contributed by atoms with Crippen molar-refractivity contribution in [1.29, 1.82) is 0 Å². The van der Waals surface area contributed by atoms with E-state index < -0.39 is 10.1 Å². The number of aryl methyl sites for hydroxylation is 1. The van der Waals surface area contributed by atoms with E-state index in [0.717, 1.165) is 27.6 Å². The smallest absolute Gasteiger partial charge is 0.339 e. The van der Waals surface area contributed by atoms with Crippen molar-refractivity contribution in [2.75, 3.05) is 0 Å². The third-order valence-corrected chi connectivity index (χ3v) is 6.48. The monoisotopic (exact) mass is 458 g/mol. The summed E-state index contributed by atoms with van der Waals surface area (Å²) in [5, 5.41) is 1.82. The molecule has 0 saturated heterocycles. The van der Waals surface area contributed by atoms with E-state index >= 15 is 0 Å². The maximum Gasteiger partial charge on any atom is 0.339 e. The molecule has 0 N–H and O–H groups in total.